The molecule has 0 spiro atoms. The molecule has 5 nitrogen and oxygen atoms in total. The van der Waals surface area contributed by atoms with E-state index in [0.29, 0.717) is 5.92 Å². The van der Waals surface area contributed by atoms with Crippen molar-refractivity contribution in [3.63, 3.8) is 0 Å². The first kappa shape index (κ1) is 19.0. The van der Waals surface area contributed by atoms with E-state index >= 15 is 0 Å². The fourth-order valence-corrected chi connectivity index (χ4v) is 2.88. The number of amides is 2. The number of furan rings is 1. The van der Waals surface area contributed by atoms with Gasteiger partial charge in [-0.1, -0.05) is 13.8 Å². The quantitative estimate of drug-likeness (QED) is 0.873. The second kappa shape index (κ2) is 7.30. The summed E-state index contributed by atoms with van der Waals surface area (Å²) in [7, 11) is 0. The van der Waals surface area contributed by atoms with Crippen LogP contribution in [0.2, 0.25) is 0 Å². The molecule has 0 unspecified atom stereocenters. The van der Waals surface area contributed by atoms with E-state index in [-0.39, 0.29) is 30.3 Å². The average Bonchev–Trinajstić information content (AvgIpc) is 2.84. The summed E-state index contributed by atoms with van der Waals surface area (Å²) in [4.78, 5) is 24.0. The molecule has 2 rings (SSSR count). The van der Waals surface area contributed by atoms with Crippen molar-refractivity contribution in [2.24, 2.45) is 0 Å². The van der Waals surface area contributed by atoms with Gasteiger partial charge in [-0.2, -0.15) is 0 Å². The maximum Gasteiger partial charge on any atom is 0.239 e. The first-order valence-electron chi connectivity index (χ1n) is 8.65. The lowest BCUT2D eigenvalue weighted by atomic mass is 9.95. The van der Waals surface area contributed by atoms with Crippen molar-refractivity contribution >= 4 is 22.8 Å². The highest BCUT2D eigenvalue weighted by molar-refractivity contribution is 5.90. The summed E-state index contributed by atoms with van der Waals surface area (Å²) in [5.74, 6) is 0.0103. The van der Waals surface area contributed by atoms with Crippen LogP contribution in [-0.2, 0) is 16.0 Å². The molecule has 0 bridgehead atoms. The largest absolute Gasteiger partial charge is 0.464 e. The molecular formula is C20H28N2O3. The van der Waals surface area contributed by atoms with Crippen LogP contribution in [0, 0.1) is 6.92 Å². The molecule has 0 atom stereocenters. The minimum Gasteiger partial charge on any atom is -0.464 e. The molecule has 0 aliphatic carbocycles. The van der Waals surface area contributed by atoms with E-state index in [4.69, 9.17) is 4.42 Å². The molecule has 1 aromatic heterocycles. The van der Waals surface area contributed by atoms with Crippen molar-refractivity contribution in [1.29, 1.82) is 0 Å². The van der Waals surface area contributed by atoms with E-state index < -0.39 is 0 Å². The minimum atomic E-state index is -0.312. The van der Waals surface area contributed by atoms with Gasteiger partial charge in [0.2, 0.25) is 11.8 Å². The van der Waals surface area contributed by atoms with Crippen molar-refractivity contribution < 1.29 is 14.0 Å². The fraction of sp³-hybridized carbons (Fsp3) is 0.500. The van der Waals surface area contributed by atoms with Crippen LogP contribution in [0.3, 0.4) is 0 Å². The lowest BCUT2D eigenvalue weighted by Gasteiger charge is -2.20. The highest BCUT2D eigenvalue weighted by atomic mass is 16.3. The van der Waals surface area contributed by atoms with Gasteiger partial charge in [0.05, 0.1) is 19.2 Å². The Balaban J connectivity index is 2.06. The van der Waals surface area contributed by atoms with Gasteiger partial charge in [0, 0.05) is 16.5 Å². The number of fused-ring (bicyclic) bond motifs is 1. The van der Waals surface area contributed by atoms with Crippen LogP contribution in [0.4, 0.5) is 0 Å². The third-order valence-electron chi connectivity index (χ3n) is 3.98. The van der Waals surface area contributed by atoms with E-state index in [0.717, 1.165) is 16.5 Å². The SMILES string of the molecule is Cc1cc2occ(CC(=O)NCC(=O)NC(C)(C)C)c2cc1C(C)C. The van der Waals surface area contributed by atoms with Crippen LogP contribution in [0.1, 0.15) is 57.2 Å². The zero-order valence-electron chi connectivity index (χ0n) is 15.9. The molecular weight excluding hydrogens is 316 g/mol. The van der Waals surface area contributed by atoms with Gasteiger partial charge in [-0.3, -0.25) is 9.59 Å². The Kier molecular flexibility index (Phi) is 5.55. The molecule has 0 aliphatic rings. The van der Waals surface area contributed by atoms with E-state index in [1.165, 1.54) is 11.1 Å². The lowest BCUT2D eigenvalue weighted by molar-refractivity contribution is -0.126. The van der Waals surface area contributed by atoms with Crippen molar-refractivity contribution in [2.45, 2.75) is 59.4 Å². The standard InChI is InChI=1S/C20H28N2O3/c1-12(2)15-9-16-14(11-25-17(16)7-13(15)3)8-18(23)21-10-19(24)22-20(4,5)6/h7,9,11-12H,8,10H2,1-6H3,(H,21,23)(H,22,24). The van der Waals surface area contributed by atoms with Crippen LogP contribution in [-0.4, -0.2) is 23.9 Å². The highest BCUT2D eigenvalue weighted by Gasteiger charge is 2.16. The van der Waals surface area contributed by atoms with E-state index in [1.54, 1.807) is 6.26 Å². The zero-order chi connectivity index (χ0) is 18.8. The van der Waals surface area contributed by atoms with Crippen LogP contribution < -0.4 is 10.6 Å². The Morgan fingerprint density at radius 1 is 1.16 bits per heavy atom. The van der Waals surface area contributed by atoms with E-state index in [1.807, 2.05) is 26.8 Å². The van der Waals surface area contributed by atoms with Crippen LogP contribution in [0.15, 0.2) is 22.8 Å². The number of carbonyl (C=O) groups is 2. The summed E-state index contributed by atoms with van der Waals surface area (Å²) >= 11 is 0. The molecule has 1 aromatic carbocycles. The topological polar surface area (TPSA) is 71.3 Å². The molecule has 0 fully saturated rings. The van der Waals surface area contributed by atoms with Crippen molar-refractivity contribution in [2.75, 3.05) is 6.54 Å². The third-order valence-corrected chi connectivity index (χ3v) is 3.98. The van der Waals surface area contributed by atoms with Crippen LogP contribution in [0.25, 0.3) is 11.0 Å². The summed E-state index contributed by atoms with van der Waals surface area (Å²) in [6, 6.07) is 4.12. The van der Waals surface area contributed by atoms with Gasteiger partial charge >= 0.3 is 0 Å². The van der Waals surface area contributed by atoms with Crippen molar-refractivity contribution in [1.82, 2.24) is 10.6 Å². The lowest BCUT2D eigenvalue weighted by Crippen LogP contribution is -2.46. The maximum atomic E-state index is 12.2. The number of rotatable bonds is 5. The minimum absolute atomic E-state index is 0.0256. The molecule has 0 saturated heterocycles. The van der Waals surface area contributed by atoms with Gasteiger partial charge in [-0.15, -0.1) is 0 Å². The van der Waals surface area contributed by atoms with Crippen molar-refractivity contribution in [3.8, 4) is 0 Å². The summed E-state index contributed by atoms with van der Waals surface area (Å²) < 4.78 is 5.60. The number of hydrogen-bond donors (Lipinski definition) is 2. The van der Waals surface area contributed by atoms with Gasteiger partial charge in [0.1, 0.15) is 5.58 Å². The normalized spacial score (nSPS) is 11.8. The molecule has 1 heterocycles. The van der Waals surface area contributed by atoms with Gasteiger partial charge < -0.3 is 15.1 Å². The van der Waals surface area contributed by atoms with Crippen LogP contribution >= 0.6 is 0 Å². The number of hydrogen-bond acceptors (Lipinski definition) is 3. The molecule has 25 heavy (non-hydrogen) atoms. The van der Waals surface area contributed by atoms with Gasteiger partial charge in [-0.25, -0.2) is 0 Å². The van der Waals surface area contributed by atoms with Gasteiger partial charge in [-0.05, 0) is 56.9 Å². The summed E-state index contributed by atoms with van der Waals surface area (Å²) in [6.07, 6.45) is 1.82. The first-order chi connectivity index (χ1) is 11.6. The Hall–Kier alpha value is -2.30. The molecule has 5 heteroatoms. The van der Waals surface area contributed by atoms with Crippen LogP contribution in [0.5, 0.6) is 0 Å². The van der Waals surface area contributed by atoms with Gasteiger partial charge in [0.15, 0.2) is 0 Å². The molecule has 2 aromatic rings. The molecule has 0 radical (unpaired) electrons. The highest BCUT2D eigenvalue weighted by Crippen LogP contribution is 2.29. The summed E-state index contributed by atoms with van der Waals surface area (Å²) in [5, 5.41) is 6.44. The Labute approximate surface area is 149 Å². The predicted octanol–water partition coefficient (Wildman–Crippen LogP) is 3.44. The Morgan fingerprint density at radius 3 is 2.44 bits per heavy atom. The second-order valence-electron chi connectivity index (χ2n) is 7.87. The predicted molar refractivity (Wildman–Crippen MR) is 99.6 cm³/mol. The first-order valence-corrected chi connectivity index (χ1v) is 8.65. The monoisotopic (exact) mass is 344 g/mol. The summed E-state index contributed by atoms with van der Waals surface area (Å²) in [5.41, 5.74) is 3.75. The Morgan fingerprint density at radius 2 is 1.84 bits per heavy atom. The molecule has 2 N–H and O–H groups in total. The fourth-order valence-electron chi connectivity index (χ4n) is 2.88. The maximum absolute atomic E-state index is 12.2. The number of aryl methyl sites for hydroxylation is 1. The summed E-state index contributed by atoms with van der Waals surface area (Å²) in [6.45, 7) is 12.0. The van der Waals surface area contributed by atoms with Gasteiger partial charge in [0.25, 0.3) is 0 Å². The number of benzene rings is 1. The van der Waals surface area contributed by atoms with E-state index in [2.05, 4.69) is 37.5 Å². The smallest absolute Gasteiger partial charge is 0.239 e. The molecule has 0 saturated carbocycles. The average molecular weight is 344 g/mol. The number of nitrogens with one attached hydrogen (secondary N) is 2. The molecule has 0 aliphatic heterocycles. The van der Waals surface area contributed by atoms with Crippen molar-refractivity contribution in [3.05, 3.63) is 35.1 Å². The second-order valence-corrected chi connectivity index (χ2v) is 7.87. The Bertz CT molecular complexity index is 782. The number of carbonyl (C=O) groups excluding carboxylic acids is 2. The molecule has 136 valence electrons. The molecule has 2 amide bonds. The zero-order valence-corrected chi connectivity index (χ0v) is 15.9. The third kappa shape index (κ3) is 5.08. The van der Waals surface area contributed by atoms with E-state index in [9.17, 15) is 9.59 Å².